The van der Waals surface area contributed by atoms with Gasteiger partial charge in [0, 0.05) is 18.0 Å². The molecule has 30 heavy (non-hydrogen) atoms. The quantitative estimate of drug-likeness (QED) is 0.649. The maximum atomic E-state index is 13.2. The predicted octanol–water partition coefficient (Wildman–Crippen LogP) is 4.78. The number of hydrogen-bond acceptors (Lipinski definition) is 3. The fourth-order valence-corrected chi connectivity index (χ4v) is 4.60. The van der Waals surface area contributed by atoms with Crippen LogP contribution in [-0.2, 0) is 16.8 Å². The minimum atomic E-state index is -0.381. The number of carbonyl (C=O) groups is 1. The number of likely N-dealkylation sites (tertiary alicyclic amines) is 1. The highest BCUT2D eigenvalue weighted by molar-refractivity contribution is 5.80. The summed E-state index contributed by atoms with van der Waals surface area (Å²) in [5, 5.41) is 3.43. The summed E-state index contributed by atoms with van der Waals surface area (Å²) >= 11 is 0. The highest BCUT2D eigenvalue weighted by atomic mass is 16.5. The number of benzene rings is 2. The van der Waals surface area contributed by atoms with Crippen LogP contribution < -0.4 is 10.1 Å². The first-order chi connectivity index (χ1) is 14.6. The molecule has 1 aliphatic rings. The van der Waals surface area contributed by atoms with E-state index in [1.165, 1.54) is 5.56 Å². The van der Waals surface area contributed by atoms with Crippen LogP contribution in [0, 0.1) is 5.92 Å². The van der Waals surface area contributed by atoms with Crippen molar-refractivity contribution in [1.29, 1.82) is 0 Å². The van der Waals surface area contributed by atoms with Gasteiger partial charge in [-0.15, -0.1) is 0 Å². The second-order valence-corrected chi connectivity index (χ2v) is 8.33. The van der Waals surface area contributed by atoms with Gasteiger partial charge in [0.1, 0.15) is 5.75 Å². The Kier molecular flexibility index (Phi) is 7.92. The molecule has 1 heterocycles. The van der Waals surface area contributed by atoms with Crippen molar-refractivity contribution in [2.75, 3.05) is 26.7 Å². The maximum absolute atomic E-state index is 13.2. The highest BCUT2D eigenvalue weighted by Gasteiger charge is 2.35. The third kappa shape index (κ3) is 5.23. The molecule has 2 aromatic rings. The van der Waals surface area contributed by atoms with Crippen LogP contribution in [0.15, 0.2) is 54.6 Å². The minimum Gasteiger partial charge on any atom is -0.496 e. The summed E-state index contributed by atoms with van der Waals surface area (Å²) in [6, 6.07) is 18.7. The number of piperidine rings is 1. The van der Waals surface area contributed by atoms with Crippen molar-refractivity contribution < 1.29 is 9.53 Å². The van der Waals surface area contributed by atoms with Gasteiger partial charge in [-0.05, 0) is 56.8 Å². The van der Waals surface area contributed by atoms with Crippen molar-refractivity contribution in [1.82, 2.24) is 10.2 Å². The number of ether oxygens (including phenoxy) is 1. The molecule has 1 aliphatic heterocycles. The molecule has 0 saturated carbocycles. The Morgan fingerprint density at radius 1 is 1.03 bits per heavy atom. The highest BCUT2D eigenvalue weighted by Crippen LogP contribution is 2.36. The Balaban J connectivity index is 1.58. The summed E-state index contributed by atoms with van der Waals surface area (Å²) < 4.78 is 5.60. The van der Waals surface area contributed by atoms with Crippen LogP contribution >= 0.6 is 0 Å². The van der Waals surface area contributed by atoms with Crippen molar-refractivity contribution >= 4 is 5.91 Å². The largest absolute Gasteiger partial charge is 0.496 e. The van der Waals surface area contributed by atoms with E-state index in [0.717, 1.165) is 63.1 Å². The number of rotatable bonds is 9. The summed E-state index contributed by atoms with van der Waals surface area (Å²) in [4.78, 5) is 15.7. The van der Waals surface area contributed by atoms with Crippen molar-refractivity contribution in [3.63, 3.8) is 0 Å². The van der Waals surface area contributed by atoms with Gasteiger partial charge in [-0.3, -0.25) is 4.79 Å². The van der Waals surface area contributed by atoms with Gasteiger partial charge in [0.15, 0.2) is 0 Å². The lowest BCUT2D eigenvalue weighted by molar-refractivity contribution is -0.128. The van der Waals surface area contributed by atoms with Crippen molar-refractivity contribution in [2.45, 2.75) is 51.5 Å². The van der Waals surface area contributed by atoms with Crippen LogP contribution in [0.2, 0.25) is 0 Å². The summed E-state index contributed by atoms with van der Waals surface area (Å²) in [7, 11) is 1.70. The summed E-state index contributed by atoms with van der Waals surface area (Å²) in [6.45, 7) is 7.33. The number of amides is 1. The molecule has 0 spiro atoms. The molecule has 0 aliphatic carbocycles. The molecule has 4 nitrogen and oxygen atoms in total. The van der Waals surface area contributed by atoms with E-state index in [0.29, 0.717) is 0 Å². The van der Waals surface area contributed by atoms with E-state index < -0.39 is 0 Å². The SMILES string of the molecule is CCC(CC)(NC(=O)C1CCN(CCc2ccccc2)CC1)c1ccccc1OC. The molecule has 1 N–H and O–H groups in total. The van der Waals surface area contributed by atoms with Gasteiger partial charge in [0.2, 0.25) is 5.91 Å². The van der Waals surface area contributed by atoms with Crippen LogP contribution in [-0.4, -0.2) is 37.6 Å². The molecule has 1 amide bonds. The van der Waals surface area contributed by atoms with Gasteiger partial charge in [-0.2, -0.15) is 0 Å². The van der Waals surface area contributed by atoms with Gasteiger partial charge in [-0.1, -0.05) is 62.4 Å². The van der Waals surface area contributed by atoms with E-state index in [-0.39, 0.29) is 17.4 Å². The molecule has 0 atom stereocenters. The van der Waals surface area contributed by atoms with E-state index in [1.54, 1.807) is 7.11 Å². The number of methoxy groups -OCH3 is 1. The molecule has 4 heteroatoms. The molecular weight excluding hydrogens is 372 g/mol. The van der Waals surface area contributed by atoms with Gasteiger partial charge >= 0.3 is 0 Å². The van der Waals surface area contributed by atoms with Gasteiger partial charge < -0.3 is 15.0 Å². The van der Waals surface area contributed by atoms with Crippen LogP contribution in [0.25, 0.3) is 0 Å². The van der Waals surface area contributed by atoms with E-state index >= 15 is 0 Å². The number of hydrogen-bond donors (Lipinski definition) is 1. The van der Waals surface area contributed by atoms with Gasteiger partial charge in [0.05, 0.1) is 12.6 Å². The average molecular weight is 409 g/mol. The number of para-hydroxylation sites is 1. The molecule has 162 valence electrons. The number of nitrogens with zero attached hydrogens (tertiary/aromatic N) is 1. The molecule has 1 fully saturated rings. The maximum Gasteiger partial charge on any atom is 0.223 e. The van der Waals surface area contributed by atoms with Gasteiger partial charge in [0.25, 0.3) is 0 Å². The fraction of sp³-hybridized carbons (Fsp3) is 0.500. The average Bonchev–Trinajstić information content (AvgIpc) is 2.82. The second kappa shape index (κ2) is 10.6. The first-order valence-corrected chi connectivity index (χ1v) is 11.3. The zero-order chi connectivity index (χ0) is 21.4. The normalized spacial score (nSPS) is 15.7. The smallest absolute Gasteiger partial charge is 0.223 e. The summed E-state index contributed by atoms with van der Waals surface area (Å²) in [5.74, 6) is 1.12. The Labute approximate surface area is 181 Å². The molecule has 0 unspecified atom stereocenters. The Morgan fingerprint density at radius 3 is 2.30 bits per heavy atom. The summed E-state index contributed by atoms with van der Waals surface area (Å²) in [5.41, 5.74) is 2.07. The first-order valence-electron chi connectivity index (χ1n) is 11.3. The zero-order valence-corrected chi connectivity index (χ0v) is 18.7. The minimum absolute atomic E-state index is 0.0881. The first kappa shape index (κ1) is 22.4. The van der Waals surface area contributed by atoms with Crippen molar-refractivity contribution in [3.8, 4) is 5.75 Å². The van der Waals surface area contributed by atoms with Crippen LogP contribution in [0.5, 0.6) is 5.75 Å². The van der Waals surface area contributed by atoms with Crippen LogP contribution in [0.3, 0.4) is 0 Å². The number of carbonyl (C=O) groups excluding carboxylic acids is 1. The van der Waals surface area contributed by atoms with Crippen LogP contribution in [0.1, 0.15) is 50.7 Å². The molecule has 1 saturated heterocycles. The van der Waals surface area contributed by atoms with Crippen LogP contribution in [0.4, 0.5) is 0 Å². The Morgan fingerprint density at radius 2 is 1.67 bits per heavy atom. The van der Waals surface area contributed by atoms with E-state index in [1.807, 2.05) is 18.2 Å². The molecule has 0 bridgehead atoms. The third-order valence-electron chi connectivity index (χ3n) is 6.71. The van der Waals surface area contributed by atoms with Crippen molar-refractivity contribution in [3.05, 3.63) is 65.7 Å². The van der Waals surface area contributed by atoms with Gasteiger partial charge in [-0.25, -0.2) is 0 Å². The molecule has 3 rings (SSSR count). The molecule has 2 aromatic carbocycles. The standard InChI is InChI=1S/C26H36N2O2/c1-4-26(5-2,23-13-9-10-14-24(23)30-3)27-25(29)22-16-19-28(20-17-22)18-15-21-11-7-6-8-12-21/h6-14,22H,4-5,15-20H2,1-3H3,(H,27,29). The summed E-state index contributed by atoms with van der Waals surface area (Å²) in [6.07, 6.45) is 4.60. The lowest BCUT2D eigenvalue weighted by atomic mass is 9.82. The van der Waals surface area contributed by atoms with E-state index in [2.05, 4.69) is 60.5 Å². The Hall–Kier alpha value is -2.33. The molecule has 0 aromatic heterocycles. The topological polar surface area (TPSA) is 41.6 Å². The lowest BCUT2D eigenvalue weighted by Gasteiger charge is -2.38. The monoisotopic (exact) mass is 408 g/mol. The van der Waals surface area contributed by atoms with E-state index in [4.69, 9.17) is 4.74 Å². The third-order valence-corrected chi connectivity index (χ3v) is 6.71. The Bertz CT molecular complexity index is 794. The van der Waals surface area contributed by atoms with E-state index in [9.17, 15) is 4.79 Å². The molecular formula is C26H36N2O2. The second-order valence-electron chi connectivity index (χ2n) is 8.33. The predicted molar refractivity (Wildman–Crippen MR) is 123 cm³/mol. The lowest BCUT2D eigenvalue weighted by Crippen LogP contribution is -2.49. The fourth-order valence-electron chi connectivity index (χ4n) is 4.60. The van der Waals surface area contributed by atoms with Crippen molar-refractivity contribution in [2.24, 2.45) is 5.92 Å². The zero-order valence-electron chi connectivity index (χ0n) is 18.7. The number of nitrogens with one attached hydrogen (secondary N) is 1. The molecule has 0 radical (unpaired) electrons.